The van der Waals surface area contributed by atoms with E-state index in [9.17, 15) is 4.79 Å². The first-order valence-electron chi connectivity index (χ1n) is 6.62. The van der Waals surface area contributed by atoms with Gasteiger partial charge in [-0.3, -0.25) is 4.79 Å². The highest BCUT2D eigenvalue weighted by atomic mass is 16.2. The summed E-state index contributed by atoms with van der Waals surface area (Å²) in [6.07, 6.45) is 5.10. The van der Waals surface area contributed by atoms with E-state index >= 15 is 0 Å². The van der Waals surface area contributed by atoms with E-state index in [1.165, 1.54) is 0 Å². The van der Waals surface area contributed by atoms with Crippen LogP contribution in [0.3, 0.4) is 0 Å². The molecule has 1 amide bonds. The average Bonchev–Trinajstić information content (AvgIpc) is 2.27. The standard InChI is InChI=1S/C13H28N2O/c1-5-8-9-12(14)13(16)15-10(4)11(6-2)7-3/h10-12H,5-9,14H2,1-4H3,(H,15,16). The van der Waals surface area contributed by atoms with Crippen molar-refractivity contribution in [2.45, 2.75) is 71.9 Å². The molecule has 0 bridgehead atoms. The lowest BCUT2D eigenvalue weighted by molar-refractivity contribution is -0.123. The molecule has 0 aliphatic carbocycles. The van der Waals surface area contributed by atoms with Crippen LogP contribution in [-0.4, -0.2) is 18.0 Å². The van der Waals surface area contributed by atoms with Crippen LogP contribution in [0, 0.1) is 5.92 Å². The fraction of sp³-hybridized carbons (Fsp3) is 0.923. The van der Waals surface area contributed by atoms with Crippen molar-refractivity contribution in [3.8, 4) is 0 Å². The summed E-state index contributed by atoms with van der Waals surface area (Å²) < 4.78 is 0. The summed E-state index contributed by atoms with van der Waals surface area (Å²) in [5, 5.41) is 3.03. The smallest absolute Gasteiger partial charge is 0.237 e. The molecule has 0 radical (unpaired) electrons. The molecule has 0 aromatic rings. The molecule has 0 saturated heterocycles. The number of nitrogens with one attached hydrogen (secondary N) is 1. The second-order valence-electron chi connectivity index (χ2n) is 4.62. The zero-order valence-corrected chi connectivity index (χ0v) is 11.3. The number of unbranched alkanes of at least 4 members (excludes halogenated alkanes) is 1. The summed E-state index contributed by atoms with van der Waals surface area (Å²) >= 11 is 0. The third-order valence-corrected chi connectivity index (χ3v) is 3.33. The number of carbonyl (C=O) groups is 1. The van der Waals surface area contributed by atoms with Gasteiger partial charge in [0, 0.05) is 6.04 Å². The van der Waals surface area contributed by atoms with Crippen molar-refractivity contribution in [1.29, 1.82) is 0 Å². The highest BCUT2D eigenvalue weighted by molar-refractivity contribution is 5.81. The lowest BCUT2D eigenvalue weighted by atomic mass is 9.95. The maximum atomic E-state index is 11.8. The lowest BCUT2D eigenvalue weighted by Gasteiger charge is -2.24. The maximum Gasteiger partial charge on any atom is 0.237 e. The number of hydrogen-bond donors (Lipinski definition) is 2. The van der Waals surface area contributed by atoms with Crippen molar-refractivity contribution in [2.75, 3.05) is 0 Å². The zero-order valence-electron chi connectivity index (χ0n) is 11.3. The second-order valence-corrected chi connectivity index (χ2v) is 4.62. The van der Waals surface area contributed by atoms with Crippen molar-refractivity contribution in [2.24, 2.45) is 11.7 Å². The molecular weight excluding hydrogens is 200 g/mol. The summed E-state index contributed by atoms with van der Waals surface area (Å²) in [5.41, 5.74) is 5.82. The largest absolute Gasteiger partial charge is 0.352 e. The van der Waals surface area contributed by atoms with Gasteiger partial charge in [0.1, 0.15) is 0 Å². The van der Waals surface area contributed by atoms with Gasteiger partial charge in [-0.25, -0.2) is 0 Å². The van der Waals surface area contributed by atoms with Crippen LogP contribution in [0.2, 0.25) is 0 Å². The van der Waals surface area contributed by atoms with Crippen LogP contribution in [0.15, 0.2) is 0 Å². The number of amides is 1. The number of nitrogens with two attached hydrogens (primary N) is 1. The minimum Gasteiger partial charge on any atom is -0.352 e. The molecule has 0 aliphatic rings. The second kappa shape index (κ2) is 8.57. The molecule has 16 heavy (non-hydrogen) atoms. The Hall–Kier alpha value is -0.570. The van der Waals surface area contributed by atoms with Crippen molar-refractivity contribution in [3.63, 3.8) is 0 Å². The van der Waals surface area contributed by atoms with Crippen molar-refractivity contribution >= 4 is 5.91 Å². The normalized spacial score (nSPS) is 14.9. The van der Waals surface area contributed by atoms with Gasteiger partial charge in [0.05, 0.1) is 6.04 Å². The van der Waals surface area contributed by atoms with E-state index in [4.69, 9.17) is 5.73 Å². The van der Waals surface area contributed by atoms with Crippen LogP contribution in [0.1, 0.15) is 59.8 Å². The van der Waals surface area contributed by atoms with E-state index in [0.717, 1.165) is 32.1 Å². The lowest BCUT2D eigenvalue weighted by Crippen LogP contribution is -2.46. The van der Waals surface area contributed by atoms with Gasteiger partial charge in [-0.15, -0.1) is 0 Å². The van der Waals surface area contributed by atoms with E-state index in [0.29, 0.717) is 5.92 Å². The zero-order chi connectivity index (χ0) is 12.6. The molecule has 0 saturated carbocycles. The molecule has 0 aliphatic heterocycles. The minimum absolute atomic E-state index is 0.00727. The summed E-state index contributed by atoms with van der Waals surface area (Å²) in [5.74, 6) is 0.565. The Bertz CT molecular complexity index is 190. The van der Waals surface area contributed by atoms with E-state index in [2.05, 4.69) is 33.0 Å². The van der Waals surface area contributed by atoms with E-state index in [1.54, 1.807) is 0 Å². The van der Waals surface area contributed by atoms with Gasteiger partial charge in [-0.1, -0.05) is 46.5 Å². The molecule has 96 valence electrons. The molecule has 0 aromatic carbocycles. The molecule has 0 fully saturated rings. The van der Waals surface area contributed by atoms with Gasteiger partial charge >= 0.3 is 0 Å². The fourth-order valence-electron chi connectivity index (χ4n) is 2.00. The topological polar surface area (TPSA) is 55.1 Å². The molecule has 0 rings (SSSR count). The molecular formula is C13H28N2O. The highest BCUT2D eigenvalue weighted by Gasteiger charge is 2.19. The SMILES string of the molecule is CCCCC(N)C(=O)NC(C)C(CC)CC. The Labute approximate surface area is 100 Å². The predicted octanol–water partition coefficient (Wildman–Crippen LogP) is 2.44. The monoisotopic (exact) mass is 228 g/mol. The number of rotatable bonds is 8. The Morgan fingerprint density at radius 1 is 1.25 bits per heavy atom. The van der Waals surface area contributed by atoms with Crippen LogP contribution in [0.25, 0.3) is 0 Å². The molecule has 2 atom stereocenters. The molecule has 0 spiro atoms. The average molecular weight is 228 g/mol. The van der Waals surface area contributed by atoms with Gasteiger partial charge in [-0.2, -0.15) is 0 Å². The predicted molar refractivity (Wildman–Crippen MR) is 69.2 cm³/mol. The van der Waals surface area contributed by atoms with Crippen molar-refractivity contribution < 1.29 is 4.79 Å². The Balaban J connectivity index is 4.01. The molecule has 3 N–H and O–H groups in total. The fourth-order valence-corrected chi connectivity index (χ4v) is 2.00. The van der Waals surface area contributed by atoms with Gasteiger partial charge in [0.2, 0.25) is 5.91 Å². The van der Waals surface area contributed by atoms with Crippen LogP contribution in [0.5, 0.6) is 0 Å². The van der Waals surface area contributed by atoms with Gasteiger partial charge in [0.15, 0.2) is 0 Å². The first-order valence-corrected chi connectivity index (χ1v) is 6.62. The van der Waals surface area contributed by atoms with Crippen molar-refractivity contribution in [3.05, 3.63) is 0 Å². The van der Waals surface area contributed by atoms with E-state index in [1.807, 2.05) is 0 Å². The molecule has 2 unspecified atom stereocenters. The van der Waals surface area contributed by atoms with Crippen LogP contribution in [-0.2, 0) is 4.79 Å². The van der Waals surface area contributed by atoms with Crippen LogP contribution < -0.4 is 11.1 Å². The third kappa shape index (κ3) is 5.50. The summed E-state index contributed by atoms with van der Waals surface area (Å²) in [6.45, 7) is 8.50. The molecule has 3 heteroatoms. The minimum atomic E-state index is -0.336. The van der Waals surface area contributed by atoms with Gasteiger partial charge < -0.3 is 11.1 Å². The van der Waals surface area contributed by atoms with Gasteiger partial charge in [0.25, 0.3) is 0 Å². The third-order valence-electron chi connectivity index (χ3n) is 3.33. The van der Waals surface area contributed by atoms with E-state index < -0.39 is 0 Å². The Morgan fingerprint density at radius 2 is 1.81 bits per heavy atom. The van der Waals surface area contributed by atoms with Crippen LogP contribution in [0.4, 0.5) is 0 Å². The summed E-state index contributed by atoms with van der Waals surface area (Å²) in [7, 11) is 0. The first-order chi connectivity index (χ1) is 7.56. The maximum absolute atomic E-state index is 11.8. The molecule has 3 nitrogen and oxygen atoms in total. The quantitative estimate of drug-likeness (QED) is 0.670. The molecule has 0 heterocycles. The Morgan fingerprint density at radius 3 is 2.25 bits per heavy atom. The van der Waals surface area contributed by atoms with Gasteiger partial charge in [-0.05, 0) is 19.3 Å². The number of carbonyl (C=O) groups excluding carboxylic acids is 1. The first kappa shape index (κ1) is 15.4. The number of hydrogen-bond acceptors (Lipinski definition) is 2. The van der Waals surface area contributed by atoms with Crippen LogP contribution >= 0.6 is 0 Å². The highest BCUT2D eigenvalue weighted by Crippen LogP contribution is 2.12. The van der Waals surface area contributed by atoms with E-state index in [-0.39, 0.29) is 18.0 Å². The Kier molecular flexibility index (Phi) is 8.26. The summed E-state index contributed by atoms with van der Waals surface area (Å²) in [4.78, 5) is 11.8. The molecule has 0 aromatic heterocycles. The van der Waals surface area contributed by atoms with Crippen molar-refractivity contribution in [1.82, 2.24) is 5.32 Å². The summed E-state index contributed by atoms with van der Waals surface area (Å²) in [6, 6.07) is -0.105.